The molecule has 4 heterocycles. The second-order valence-electron chi connectivity index (χ2n) is 6.98. The standard InChI is InChI=1S/C20H23N7OS/c1-14-11-15(2)23-19(22-14)25-20-24-16(13-29-20)12-18(28)27-9-7-26(8-10-27)17-5-3-4-6-21-17/h3-6,11,13H,7-10,12H2,1-2H3,(H,22,23,24,25). The van der Waals surface area contributed by atoms with E-state index >= 15 is 0 Å². The summed E-state index contributed by atoms with van der Waals surface area (Å²) >= 11 is 1.45. The summed E-state index contributed by atoms with van der Waals surface area (Å²) in [6.07, 6.45) is 2.10. The molecule has 1 aliphatic rings. The minimum atomic E-state index is 0.102. The largest absolute Gasteiger partial charge is 0.353 e. The fraction of sp³-hybridized carbons (Fsp3) is 0.350. The summed E-state index contributed by atoms with van der Waals surface area (Å²) in [5, 5.41) is 5.73. The van der Waals surface area contributed by atoms with Gasteiger partial charge in [0.2, 0.25) is 11.9 Å². The van der Waals surface area contributed by atoms with E-state index in [0.717, 1.165) is 36.0 Å². The highest BCUT2D eigenvalue weighted by Crippen LogP contribution is 2.20. The van der Waals surface area contributed by atoms with Crippen molar-refractivity contribution in [1.29, 1.82) is 0 Å². The van der Waals surface area contributed by atoms with Crippen molar-refractivity contribution in [2.75, 3.05) is 36.4 Å². The maximum absolute atomic E-state index is 12.7. The molecule has 0 aliphatic carbocycles. The van der Waals surface area contributed by atoms with Gasteiger partial charge in [-0.25, -0.2) is 19.9 Å². The Morgan fingerprint density at radius 2 is 1.86 bits per heavy atom. The van der Waals surface area contributed by atoms with E-state index in [4.69, 9.17) is 0 Å². The number of pyridine rings is 1. The molecule has 0 aromatic carbocycles. The van der Waals surface area contributed by atoms with Crippen molar-refractivity contribution >= 4 is 34.1 Å². The number of amides is 1. The maximum Gasteiger partial charge on any atom is 0.229 e. The van der Waals surface area contributed by atoms with Crippen molar-refractivity contribution in [2.24, 2.45) is 0 Å². The van der Waals surface area contributed by atoms with Gasteiger partial charge >= 0.3 is 0 Å². The molecular weight excluding hydrogens is 386 g/mol. The van der Waals surface area contributed by atoms with Crippen molar-refractivity contribution < 1.29 is 4.79 Å². The van der Waals surface area contributed by atoms with Crippen molar-refractivity contribution in [2.45, 2.75) is 20.3 Å². The molecule has 0 radical (unpaired) electrons. The molecule has 1 N–H and O–H groups in total. The average Bonchev–Trinajstić information content (AvgIpc) is 3.14. The minimum Gasteiger partial charge on any atom is -0.353 e. The number of nitrogens with one attached hydrogen (secondary N) is 1. The number of hydrogen-bond acceptors (Lipinski definition) is 8. The molecule has 1 amide bonds. The molecule has 9 heteroatoms. The number of hydrogen-bond donors (Lipinski definition) is 1. The molecule has 29 heavy (non-hydrogen) atoms. The van der Waals surface area contributed by atoms with Gasteiger partial charge in [-0.2, -0.15) is 0 Å². The Labute approximate surface area is 173 Å². The Hall–Kier alpha value is -3.07. The fourth-order valence-electron chi connectivity index (χ4n) is 3.32. The zero-order valence-electron chi connectivity index (χ0n) is 16.5. The predicted octanol–water partition coefficient (Wildman–Crippen LogP) is 2.58. The van der Waals surface area contributed by atoms with E-state index in [9.17, 15) is 4.79 Å². The van der Waals surface area contributed by atoms with Crippen LogP contribution in [0.5, 0.6) is 0 Å². The van der Waals surface area contributed by atoms with Gasteiger partial charge in [0.05, 0.1) is 12.1 Å². The summed E-state index contributed by atoms with van der Waals surface area (Å²) in [5.74, 6) is 1.59. The first-order valence-corrected chi connectivity index (χ1v) is 10.4. The summed E-state index contributed by atoms with van der Waals surface area (Å²) in [5.41, 5.74) is 2.56. The smallest absolute Gasteiger partial charge is 0.229 e. The van der Waals surface area contributed by atoms with Crippen LogP contribution in [0.4, 0.5) is 16.9 Å². The summed E-state index contributed by atoms with van der Waals surface area (Å²) in [6, 6.07) is 7.81. The number of carbonyl (C=O) groups is 1. The summed E-state index contributed by atoms with van der Waals surface area (Å²) in [7, 11) is 0. The van der Waals surface area contributed by atoms with Crippen LogP contribution in [-0.4, -0.2) is 56.9 Å². The Kier molecular flexibility index (Phi) is 5.66. The van der Waals surface area contributed by atoms with Crippen LogP contribution in [0.25, 0.3) is 0 Å². The van der Waals surface area contributed by atoms with Gasteiger partial charge in [0.25, 0.3) is 0 Å². The molecule has 1 saturated heterocycles. The van der Waals surface area contributed by atoms with Crippen LogP contribution < -0.4 is 10.2 Å². The molecule has 0 saturated carbocycles. The zero-order valence-corrected chi connectivity index (χ0v) is 17.3. The molecule has 8 nitrogen and oxygen atoms in total. The molecule has 4 rings (SSSR count). The topological polar surface area (TPSA) is 87.1 Å². The van der Waals surface area contributed by atoms with Gasteiger partial charge in [0.1, 0.15) is 5.82 Å². The van der Waals surface area contributed by atoms with Gasteiger partial charge in [-0.15, -0.1) is 11.3 Å². The Morgan fingerprint density at radius 3 is 2.55 bits per heavy atom. The number of thiazole rings is 1. The van der Waals surface area contributed by atoms with Crippen LogP contribution in [0, 0.1) is 13.8 Å². The van der Waals surface area contributed by atoms with Gasteiger partial charge in [-0.1, -0.05) is 6.07 Å². The lowest BCUT2D eigenvalue weighted by molar-refractivity contribution is -0.130. The van der Waals surface area contributed by atoms with Crippen LogP contribution >= 0.6 is 11.3 Å². The zero-order chi connectivity index (χ0) is 20.2. The molecule has 150 valence electrons. The van der Waals surface area contributed by atoms with E-state index in [1.165, 1.54) is 11.3 Å². The molecule has 0 spiro atoms. The lowest BCUT2D eigenvalue weighted by Crippen LogP contribution is -2.49. The molecule has 0 bridgehead atoms. The number of aryl methyl sites for hydroxylation is 2. The van der Waals surface area contributed by atoms with Gasteiger partial charge in [-0.3, -0.25) is 4.79 Å². The van der Waals surface area contributed by atoms with Crippen molar-refractivity contribution in [3.05, 3.63) is 52.9 Å². The molecule has 1 fully saturated rings. The Bertz CT molecular complexity index is 963. The van der Waals surface area contributed by atoms with E-state index in [1.54, 1.807) is 6.20 Å². The minimum absolute atomic E-state index is 0.102. The molecular formula is C20H23N7OS. The number of nitrogens with zero attached hydrogens (tertiary/aromatic N) is 6. The first kappa shape index (κ1) is 19.3. The molecule has 0 unspecified atom stereocenters. The van der Waals surface area contributed by atoms with E-state index in [2.05, 4.69) is 30.2 Å². The number of aromatic nitrogens is 4. The Morgan fingerprint density at radius 1 is 1.10 bits per heavy atom. The van der Waals surface area contributed by atoms with Crippen molar-refractivity contribution in [3.63, 3.8) is 0 Å². The van der Waals surface area contributed by atoms with E-state index in [1.807, 2.05) is 48.4 Å². The van der Waals surface area contributed by atoms with Gasteiger partial charge in [0.15, 0.2) is 5.13 Å². The number of carbonyl (C=O) groups excluding carboxylic acids is 1. The number of piperazine rings is 1. The average molecular weight is 410 g/mol. The first-order valence-electron chi connectivity index (χ1n) is 9.54. The van der Waals surface area contributed by atoms with Crippen molar-refractivity contribution in [3.8, 4) is 0 Å². The number of rotatable bonds is 5. The molecule has 3 aromatic heterocycles. The van der Waals surface area contributed by atoms with Crippen molar-refractivity contribution in [1.82, 2.24) is 24.8 Å². The monoisotopic (exact) mass is 409 g/mol. The molecule has 3 aromatic rings. The SMILES string of the molecule is Cc1cc(C)nc(Nc2nc(CC(=O)N3CCN(c4ccccn4)CC3)cs2)n1. The predicted molar refractivity (Wildman–Crippen MR) is 114 cm³/mol. The summed E-state index contributed by atoms with van der Waals surface area (Å²) < 4.78 is 0. The second-order valence-corrected chi connectivity index (χ2v) is 7.83. The van der Waals surface area contributed by atoms with Gasteiger partial charge < -0.3 is 15.1 Å². The lowest BCUT2D eigenvalue weighted by Gasteiger charge is -2.35. The van der Waals surface area contributed by atoms with Gasteiger partial charge in [0, 0.05) is 49.1 Å². The van der Waals surface area contributed by atoms with Gasteiger partial charge in [-0.05, 0) is 32.0 Å². The highest BCUT2D eigenvalue weighted by molar-refractivity contribution is 7.13. The van der Waals surface area contributed by atoms with Crippen LogP contribution in [-0.2, 0) is 11.2 Å². The van der Waals surface area contributed by atoms with Crippen LogP contribution in [0.15, 0.2) is 35.8 Å². The Balaban J connectivity index is 1.31. The number of anilines is 3. The van der Waals surface area contributed by atoms with Crippen LogP contribution in [0.1, 0.15) is 17.1 Å². The lowest BCUT2D eigenvalue weighted by atomic mass is 10.2. The quantitative estimate of drug-likeness (QED) is 0.693. The van der Waals surface area contributed by atoms with Crippen LogP contribution in [0.3, 0.4) is 0 Å². The highest BCUT2D eigenvalue weighted by Gasteiger charge is 2.22. The molecule has 1 aliphatic heterocycles. The molecule has 0 atom stereocenters. The summed E-state index contributed by atoms with van der Waals surface area (Å²) in [6.45, 7) is 6.83. The third-order valence-corrected chi connectivity index (χ3v) is 5.50. The second kappa shape index (κ2) is 8.52. The van der Waals surface area contributed by atoms with E-state index in [-0.39, 0.29) is 5.91 Å². The highest BCUT2D eigenvalue weighted by atomic mass is 32.1. The van der Waals surface area contributed by atoms with E-state index in [0.29, 0.717) is 30.6 Å². The maximum atomic E-state index is 12.7. The van der Waals surface area contributed by atoms with E-state index < -0.39 is 0 Å². The third kappa shape index (κ3) is 4.86. The summed E-state index contributed by atoms with van der Waals surface area (Å²) in [4.78, 5) is 34.4. The normalized spacial score (nSPS) is 14.1. The van der Waals surface area contributed by atoms with Crippen LogP contribution in [0.2, 0.25) is 0 Å². The third-order valence-electron chi connectivity index (χ3n) is 4.69. The first-order chi connectivity index (χ1) is 14.1. The fourth-order valence-corrected chi connectivity index (χ4v) is 4.02.